The number of Topliss-reactive ketones (excluding diaryl/α,β-unsaturated/α-hetero) is 6. The number of ketones is 6. The average molecular weight is 1790 g/mol. The molecule has 5 aromatic carbocycles. The van der Waals surface area contributed by atoms with Crippen LogP contribution in [0, 0.1) is 10.1 Å². The third-order valence-electron chi connectivity index (χ3n) is 18.2. The largest absolute Gasteiger partial charge is 0.468 e. The van der Waals surface area contributed by atoms with Crippen LogP contribution in [0.2, 0.25) is 0 Å². The van der Waals surface area contributed by atoms with Crippen LogP contribution in [0.5, 0.6) is 0 Å². The summed E-state index contributed by atoms with van der Waals surface area (Å²) in [4.78, 5) is 145. The van der Waals surface area contributed by atoms with Crippen LogP contribution in [0.4, 0.5) is 119 Å². The van der Waals surface area contributed by atoms with Gasteiger partial charge in [0.2, 0.25) is 0 Å². The minimum Gasteiger partial charge on any atom is -0.468 e. The van der Waals surface area contributed by atoms with E-state index in [0.29, 0.717) is 63.5 Å². The zero-order chi connectivity index (χ0) is 93.6. The van der Waals surface area contributed by atoms with Gasteiger partial charge in [-0.15, -0.1) is 0 Å². The number of ether oxygens (including phenoxy) is 4. The van der Waals surface area contributed by atoms with Crippen molar-refractivity contribution in [2.75, 3.05) is 70.2 Å². The van der Waals surface area contributed by atoms with E-state index < -0.39 is 174 Å². The molecule has 0 spiro atoms. The second kappa shape index (κ2) is 43.8. The van der Waals surface area contributed by atoms with Crippen molar-refractivity contribution in [2.45, 2.75) is 153 Å². The van der Waals surface area contributed by atoms with Crippen molar-refractivity contribution in [3.8, 4) is 0 Å². The molecule has 3 atom stereocenters. The number of nitro benzene ring substituents is 1. The van der Waals surface area contributed by atoms with Crippen molar-refractivity contribution in [2.24, 2.45) is 20.7 Å². The number of aliphatic hydroxyl groups excluding tert-OH is 1. The maximum atomic E-state index is 12.7. The number of pyridine rings is 1. The van der Waals surface area contributed by atoms with Gasteiger partial charge in [-0.1, -0.05) is 31.2 Å². The molecule has 5 aliphatic heterocycles. The van der Waals surface area contributed by atoms with E-state index in [1.807, 2.05) is 25.1 Å². The maximum Gasteiger partial charge on any atom is 0.394 e. The molecule has 1 saturated heterocycles. The fourth-order valence-corrected chi connectivity index (χ4v) is 12.2. The molecule has 0 bridgehead atoms. The van der Waals surface area contributed by atoms with Gasteiger partial charge in [0.15, 0.2) is 34.7 Å². The highest BCUT2D eigenvalue weighted by Gasteiger charge is 2.41. The van der Waals surface area contributed by atoms with E-state index in [9.17, 15) is 137 Å². The molecule has 125 heavy (non-hydrogen) atoms. The summed E-state index contributed by atoms with van der Waals surface area (Å²) in [5.41, 5.74) is 9.62. The Balaban J connectivity index is 0.000000238. The molecule has 6 aromatic rings. The van der Waals surface area contributed by atoms with Gasteiger partial charge < -0.3 is 45.3 Å². The number of carbonyl (C=O) groups excluding carboxylic acids is 10. The number of nitrogens with zero attached hydrogens (tertiary/aromatic N) is 7. The van der Waals surface area contributed by atoms with Crippen molar-refractivity contribution >= 4 is 116 Å². The van der Waals surface area contributed by atoms with Crippen LogP contribution in [0.3, 0.4) is 0 Å². The molecule has 3 unspecified atom stereocenters. The number of piperazine rings is 1. The average Bonchev–Trinajstić information content (AvgIpc) is 0.804. The Morgan fingerprint density at radius 3 is 1.41 bits per heavy atom. The number of alkyl halides is 18. The van der Waals surface area contributed by atoms with Crippen LogP contribution in [-0.4, -0.2) is 205 Å². The predicted octanol–water partition coefficient (Wildman–Crippen LogP) is 14.6. The van der Waals surface area contributed by atoms with Crippen LogP contribution in [-0.2, 0) is 86.5 Å². The summed E-state index contributed by atoms with van der Waals surface area (Å²) in [6.45, 7) is 6.57. The Bertz CT molecular complexity index is 5060. The Labute approximate surface area is 698 Å². The number of carbonyl (C=O) groups is 10. The number of halogens is 18. The van der Waals surface area contributed by atoms with Crippen molar-refractivity contribution < 1.29 is 156 Å². The summed E-state index contributed by atoms with van der Waals surface area (Å²) >= 11 is 0. The highest BCUT2D eigenvalue weighted by molar-refractivity contribution is 6.43. The number of nitrogens with one attached hydrogen (secondary N) is 2. The van der Waals surface area contributed by atoms with Gasteiger partial charge in [0, 0.05) is 76.6 Å². The standard InChI is InChI=1S/C24H25F3N4O2.C13H13F3N2O5.C13H12F3NO3.C13H10F3NO3.C12H10F3NO2.C5H8F3NO2/c1-2-22(32)20-6-4-18(14-28-20)31-9-7-30(8-10-31)15-16-3-5-19-17(11-16)12-23(33)21(29-19)13-24(25,26)27;1-7(19)10(6-13(14,15)16)17-9-4-3-8(12(20)23-2)5-11(9)18(21)22;2*1-20-12(19)7-2-3-9-8(4-7)5-11(18)10(17-9)6-13(14,15)16;13-12(14,15)5-10-11(18)4-8-3-7(6-17)1-2-9(8)16-10;1-11-4(10)3(9)2-5(6,7)8/h3-6,11,14H,2,7-10,12-13,15H2,1H3;3-5,10,17H,6H2,1-2H3;2-4,10,17H,5-6H2,1H3;2-4H,5-6H2,1H3;1-3,17H,4-6H2;3H,2,9H2,1H3. The van der Waals surface area contributed by atoms with Gasteiger partial charge >= 0.3 is 60.9 Å². The number of hydrogen-bond acceptors (Lipinski definition) is 26. The SMILES string of the molecule is CCC(=O)c1ccc(N2CCN(Cc3ccc4c(c3)CC(=O)C(CC(F)(F)F)=N4)CC2)cn1.COC(=O)C(N)CC(F)(F)F.COC(=O)c1ccc(NC(CC(F)(F)F)C(C)=O)c([N+](=O)[O-])c1.COC(=O)c1ccc2c(c1)CC(=O)C(CC(F)(F)F)=N2.COC(=O)c1ccc2c(c1)CC(=O)C(CC(F)(F)F)N2.O=C1Cc2cc(CO)ccc2N=C1CC(F)(F)F. The topological polar surface area (TPSA) is 378 Å². The Kier molecular flexibility index (Phi) is 35.5. The van der Waals surface area contributed by atoms with E-state index >= 15 is 0 Å². The molecule has 5 N–H and O–H groups in total. The lowest BCUT2D eigenvalue weighted by molar-refractivity contribution is -0.384. The van der Waals surface area contributed by atoms with Crippen molar-refractivity contribution in [1.82, 2.24) is 9.88 Å². The normalized spacial score (nSPS) is 15.5. The van der Waals surface area contributed by atoms with Crippen LogP contribution in [0.15, 0.2) is 124 Å². The molecule has 5 aliphatic rings. The van der Waals surface area contributed by atoms with E-state index in [1.165, 1.54) is 56.7 Å². The Morgan fingerprint density at radius 2 is 0.992 bits per heavy atom. The van der Waals surface area contributed by atoms with Gasteiger partial charge in [0.25, 0.3) is 5.69 Å². The summed E-state index contributed by atoms with van der Waals surface area (Å²) in [6, 6.07) is 20.9. The van der Waals surface area contributed by atoms with E-state index in [0.717, 1.165) is 76.8 Å². The number of nitrogens with two attached hydrogens (primary N) is 1. The third-order valence-corrected chi connectivity index (χ3v) is 18.2. The minimum absolute atomic E-state index is 0.0281. The minimum atomic E-state index is -4.62. The number of methoxy groups -OCH3 is 4. The van der Waals surface area contributed by atoms with E-state index in [1.54, 1.807) is 30.5 Å². The molecular formula is C80H78F18N10O17. The molecule has 6 heterocycles. The molecule has 27 nitrogen and oxygen atoms in total. The molecule has 0 amide bonds. The van der Waals surface area contributed by atoms with Crippen LogP contribution < -0.4 is 21.3 Å². The fraction of sp³-hybridized carbons (Fsp3) is 0.400. The van der Waals surface area contributed by atoms with Gasteiger partial charge in [-0.3, -0.25) is 53.6 Å². The highest BCUT2D eigenvalue weighted by Crippen LogP contribution is 2.37. The Morgan fingerprint density at radius 1 is 0.552 bits per heavy atom. The van der Waals surface area contributed by atoms with Crippen LogP contribution in [0.25, 0.3) is 0 Å². The highest BCUT2D eigenvalue weighted by atomic mass is 19.4. The number of nitro groups is 1. The zero-order valence-electron chi connectivity index (χ0n) is 66.6. The smallest absolute Gasteiger partial charge is 0.394 e. The number of aliphatic imine (C=N–C) groups is 3. The molecule has 45 heteroatoms. The lowest BCUT2D eigenvalue weighted by Crippen LogP contribution is -2.46. The van der Waals surface area contributed by atoms with Gasteiger partial charge in [-0.05, 0) is 113 Å². The summed E-state index contributed by atoms with van der Waals surface area (Å²) in [5.74, 6) is -6.23. The second-order valence-corrected chi connectivity index (χ2v) is 27.8. The monoisotopic (exact) mass is 1790 g/mol. The number of benzene rings is 5. The quantitative estimate of drug-likeness (QED) is 0.0138. The first-order valence-corrected chi connectivity index (χ1v) is 36.8. The number of aliphatic hydroxyl groups is 1. The molecule has 1 fully saturated rings. The summed E-state index contributed by atoms with van der Waals surface area (Å²) in [5, 5.41) is 24.7. The van der Waals surface area contributed by atoms with E-state index in [2.05, 4.69) is 59.3 Å². The summed E-state index contributed by atoms with van der Waals surface area (Å²) in [6.07, 6.45) is -33.1. The number of rotatable bonds is 20. The molecular weight excluding hydrogens is 1710 g/mol. The maximum absolute atomic E-state index is 12.7. The van der Waals surface area contributed by atoms with Crippen molar-refractivity contribution in [1.29, 1.82) is 0 Å². The summed E-state index contributed by atoms with van der Waals surface area (Å²) < 4.78 is 238. The lowest BCUT2D eigenvalue weighted by atomic mass is 9.93. The zero-order valence-corrected chi connectivity index (χ0v) is 66.6. The first-order valence-electron chi connectivity index (χ1n) is 36.8. The van der Waals surface area contributed by atoms with Crippen LogP contribution in [0.1, 0.15) is 134 Å². The number of fused-ring (bicyclic) bond motifs is 4. The molecule has 0 saturated carbocycles. The van der Waals surface area contributed by atoms with Gasteiger partial charge in [0.1, 0.15) is 17.4 Å². The number of anilines is 3. The van der Waals surface area contributed by atoms with Gasteiger partial charge in [-0.2, -0.15) is 79.0 Å². The summed E-state index contributed by atoms with van der Waals surface area (Å²) in [7, 11) is 4.51. The number of esters is 4. The molecule has 0 radical (unpaired) electrons. The van der Waals surface area contributed by atoms with Crippen molar-refractivity contribution in [3.05, 3.63) is 175 Å². The molecule has 1 aromatic heterocycles. The second-order valence-electron chi connectivity index (χ2n) is 27.8. The lowest BCUT2D eigenvalue weighted by Gasteiger charge is -2.36. The van der Waals surface area contributed by atoms with Crippen molar-refractivity contribution in [3.63, 3.8) is 0 Å². The molecule has 11 rings (SSSR count). The van der Waals surface area contributed by atoms with E-state index in [4.69, 9.17) is 10.8 Å². The van der Waals surface area contributed by atoms with Gasteiger partial charge in [-0.25, -0.2) is 29.4 Å². The first-order chi connectivity index (χ1) is 58.1. The third kappa shape index (κ3) is 32.6. The molecule has 0 aliphatic carbocycles. The van der Waals surface area contributed by atoms with Crippen LogP contribution >= 0.6 is 0 Å². The number of hydrogen-bond donors (Lipinski definition) is 4. The predicted molar refractivity (Wildman–Crippen MR) is 411 cm³/mol. The molecule has 676 valence electrons. The Hall–Kier alpha value is -12.4. The van der Waals surface area contributed by atoms with Gasteiger partial charge in [0.05, 0.1) is 153 Å². The first kappa shape index (κ1) is 101. The number of aromatic nitrogens is 1. The van der Waals surface area contributed by atoms with E-state index in [-0.39, 0.29) is 66.1 Å². The fourth-order valence-electron chi connectivity index (χ4n) is 12.2.